The van der Waals surface area contributed by atoms with Gasteiger partial charge in [0.2, 0.25) is 0 Å². The summed E-state index contributed by atoms with van der Waals surface area (Å²) in [7, 11) is 4.62. The van der Waals surface area contributed by atoms with E-state index in [1.165, 1.54) is 13.2 Å². The number of aromatic nitrogens is 3. The Morgan fingerprint density at radius 2 is 1.68 bits per heavy atom. The van der Waals surface area contributed by atoms with Crippen molar-refractivity contribution >= 4 is 22.5 Å². The molecule has 9 nitrogen and oxygen atoms in total. The second kappa shape index (κ2) is 10.7. The van der Waals surface area contributed by atoms with Gasteiger partial charge in [-0.2, -0.15) is 13.2 Å². The van der Waals surface area contributed by atoms with Gasteiger partial charge in [0, 0.05) is 32.2 Å². The molecule has 3 N–H and O–H groups in total. The molecule has 0 fully saturated rings. The van der Waals surface area contributed by atoms with E-state index in [0.717, 1.165) is 6.07 Å². The topological polar surface area (TPSA) is 114 Å². The molecule has 0 aliphatic rings. The minimum atomic E-state index is -4.61. The zero-order chi connectivity index (χ0) is 24.9. The van der Waals surface area contributed by atoms with E-state index < -0.39 is 18.0 Å². The van der Waals surface area contributed by atoms with Gasteiger partial charge in [0.1, 0.15) is 29.3 Å². The highest BCUT2D eigenvalue weighted by Gasteiger charge is 2.33. The van der Waals surface area contributed by atoms with Gasteiger partial charge in [0.05, 0.1) is 25.8 Å². The Labute approximate surface area is 194 Å². The molecule has 2 heterocycles. The molecule has 0 aliphatic carbocycles. The van der Waals surface area contributed by atoms with E-state index in [1.807, 2.05) is 0 Å². The number of nitrogens with zero attached hydrogens (tertiary/aromatic N) is 3. The summed E-state index contributed by atoms with van der Waals surface area (Å²) >= 11 is 0. The van der Waals surface area contributed by atoms with Crippen molar-refractivity contribution in [3.63, 3.8) is 0 Å². The lowest BCUT2D eigenvalue weighted by molar-refractivity contribution is -0.141. The van der Waals surface area contributed by atoms with Crippen molar-refractivity contribution in [3.05, 3.63) is 41.3 Å². The van der Waals surface area contributed by atoms with Crippen molar-refractivity contribution in [2.45, 2.75) is 25.7 Å². The number of rotatable bonds is 10. The lowest BCUT2D eigenvalue weighted by atomic mass is 10.1. The molecule has 0 amide bonds. The quantitative estimate of drug-likeness (QED) is 0.448. The number of anilines is 2. The van der Waals surface area contributed by atoms with E-state index in [2.05, 4.69) is 20.3 Å². The molecule has 0 spiro atoms. The third-order valence-corrected chi connectivity index (χ3v) is 4.75. The maximum atomic E-state index is 13.1. The van der Waals surface area contributed by atoms with Crippen LogP contribution in [0.15, 0.2) is 24.3 Å². The summed E-state index contributed by atoms with van der Waals surface area (Å²) in [6.45, 7) is 2.31. The highest BCUT2D eigenvalue weighted by Crippen LogP contribution is 2.35. The van der Waals surface area contributed by atoms with Crippen LogP contribution in [0.2, 0.25) is 0 Å². The number of halogens is 3. The van der Waals surface area contributed by atoms with Crippen LogP contribution in [0.5, 0.6) is 11.5 Å². The molecular weight excluding hydrogens is 455 g/mol. The number of nitrogens with one attached hydrogen (secondary N) is 1. The van der Waals surface area contributed by atoms with Crippen LogP contribution in [0.4, 0.5) is 24.8 Å². The fourth-order valence-electron chi connectivity index (χ4n) is 3.35. The number of hydrogen-bond acceptors (Lipinski definition) is 9. The van der Waals surface area contributed by atoms with Gasteiger partial charge in [-0.3, -0.25) is 0 Å². The average molecular weight is 481 g/mol. The molecule has 0 aliphatic heterocycles. The Kier molecular flexibility index (Phi) is 7.94. The summed E-state index contributed by atoms with van der Waals surface area (Å²) in [6.07, 6.45) is -5.00. The number of pyridine rings is 1. The average Bonchev–Trinajstić information content (AvgIpc) is 2.76. The summed E-state index contributed by atoms with van der Waals surface area (Å²) in [5.74, 6) is 1.52. The monoisotopic (exact) mass is 481 g/mol. The summed E-state index contributed by atoms with van der Waals surface area (Å²) in [6, 6.07) is 5.72. The zero-order valence-corrected chi connectivity index (χ0v) is 19.2. The predicted octanol–water partition coefficient (Wildman–Crippen LogP) is 3.60. The number of hydrogen-bond donors (Lipinski definition) is 2. The van der Waals surface area contributed by atoms with Crippen LogP contribution in [0.3, 0.4) is 0 Å². The van der Waals surface area contributed by atoms with Crippen LogP contribution in [0.25, 0.3) is 10.9 Å². The number of nitrogens with two attached hydrogens (primary N) is 1. The Morgan fingerprint density at radius 1 is 0.971 bits per heavy atom. The maximum Gasteiger partial charge on any atom is 0.433 e. The molecule has 0 atom stereocenters. The van der Waals surface area contributed by atoms with Crippen molar-refractivity contribution in [2.75, 3.05) is 45.6 Å². The van der Waals surface area contributed by atoms with Crippen LogP contribution in [0.1, 0.15) is 17.1 Å². The van der Waals surface area contributed by atoms with E-state index >= 15 is 0 Å². The summed E-state index contributed by atoms with van der Waals surface area (Å²) in [5.41, 5.74) is 5.38. The van der Waals surface area contributed by atoms with Gasteiger partial charge in [0.15, 0.2) is 11.5 Å². The second-order valence-corrected chi connectivity index (χ2v) is 7.43. The Bertz CT molecular complexity index is 1140. The second-order valence-electron chi connectivity index (χ2n) is 7.43. The van der Waals surface area contributed by atoms with Crippen LogP contribution < -0.4 is 20.5 Å². The molecule has 0 saturated carbocycles. The van der Waals surface area contributed by atoms with Crippen LogP contribution in [-0.4, -0.2) is 55.6 Å². The standard InChI is InChI=1S/C22H26F3N5O4/c1-12-28-16-8-17(33-4)18(34-14(10-31-2)11-32-3)7-15(16)21(29-12)27-9-13-5-19(22(23,24)25)30-20(26)6-13/h5-8,14H,9-11H2,1-4H3,(H2,26,30)(H,27,28,29). The third kappa shape index (κ3) is 6.14. The van der Waals surface area contributed by atoms with E-state index in [4.69, 9.17) is 24.7 Å². The summed E-state index contributed by atoms with van der Waals surface area (Å²) in [5, 5.41) is 3.66. The van der Waals surface area contributed by atoms with E-state index in [-0.39, 0.29) is 25.6 Å². The van der Waals surface area contributed by atoms with Gasteiger partial charge >= 0.3 is 6.18 Å². The van der Waals surface area contributed by atoms with Crippen LogP contribution in [-0.2, 0) is 22.2 Å². The van der Waals surface area contributed by atoms with Crippen molar-refractivity contribution in [3.8, 4) is 11.5 Å². The van der Waals surface area contributed by atoms with Crippen molar-refractivity contribution in [1.29, 1.82) is 0 Å². The zero-order valence-electron chi connectivity index (χ0n) is 19.2. The minimum absolute atomic E-state index is 0.0273. The summed E-state index contributed by atoms with van der Waals surface area (Å²) < 4.78 is 61.2. The molecule has 0 bridgehead atoms. The highest BCUT2D eigenvalue weighted by molar-refractivity contribution is 5.91. The molecule has 0 unspecified atom stereocenters. The molecular formula is C22H26F3N5O4. The maximum absolute atomic E-state index is 13.1. The fourth-order valence-corrected chi connectivity index (χ4v) is 3.35. The predicted molar refractivity (Wildman–Crippen MR) is 120 cm³/mol. The van der Waals surface area contributed by atoms with E-state index in [9.17, 15) is 13.2 Å². The van der Waals surface area contributed by atoms with E-state index in [0.29, 0.717) is 39.6 Å². The van der Waals surface area contributed by atoms with Crippen LogP contribution in [0, 0.1) is 6.92 Å². The Morgan fingerprint density at radius 3 is 2.29 bits per heavy atom. The molecule has 0 radical (unpaired) electrons. The number of nitrogen functional groups attached to an aromatic ring is 1. The van der Waals surface area contributed by atoms with Gasteiger partial charge < -0.3 is 30.0 Å². The van der Waals surface area contributed by atoms with Crippen LogP contribution >= 0.6 is 0 Å². The first kappa shape index (κ1) is 25.2. The molecule has 3 rings (SSSR count). The van der Waals surface area contributed by atoms with Gasteiger partial charge in [-0.05, 0) is 30.7 Å². The first-order valence-corrected chi connectivity index (χ1v) is 10.2. The number of benzene rings is 1. The van der Waals surface area contributed by atoms with Gasteiger partial charge in [-0.25, -0.2) is 15.0 Å². The molecule has 34 heavy (non-hydrogen) atoms. The SMILES string of the molecule is COCC(COC)Oc1cc2c(NCc3cc(N)nc(C(F)(F)F)c3)nc(C)nc2cc1OC. The minimum Gasteiger partial charge on any atom is -0.493 e. The van der Waals surface area contributed by atoms with Crippen molar-refractivity contribution < 1.29 is 32.1 Å². The molecule has 184 valence electrons. The first-order valence-electron chi connectivity index (χ1n) is 10.2. The lowest BCUT2D eigenvalue weighted by Gasteiger charge is -2.20. The highest BCUT2D eigenvalue weighted by atomic mass is 19.4. The van der Waals surface area contributed by atoms with Gasteiger partial charge in [-0.1, -0.05) is 0 Å². The number of fused-ring (bicyclic) bond motifs is 1. The molecule has 0 saturated heterocycles. The molecule has 12 heteroatoms. The van der Waals surface area contributed by atoms with E-state index in [1.54, 1.807) is 33.3 Å². The first-order chi connectivity index (χ1) is 16.1. The number of ether oxygens (including phenoxy) is 4. The van der Waals surface area contributed by atoms with Crippen molar-refractivity contribution in [2.24, 2.45) is 0 Å². The van der Waals surface area contributed by atoms with Crippen molar-refractivity contribution in [1.82, 2.24) is 15.0 Å². The third-order valence-electron chi connectivity index (χ3n) is 4.75. The Hall–Kier alpha value is -3.38. The molecule has 3 aromatic rings. The largest absolute Gasteiger partial charge is 0.493 e. The fraction of sp³-hybridized carbons (Fsp3) is 0.409. The molecule has 1 aromatic carbocycles. The lowest BCUT2D eigenvalue weighted by Crippen LogP contribution is -2.27. The summed E-state index contributed by atoms with van der Waals surface area (Å²) in [4.78, 5) is 12.2. The smallest absolute Gasteiger partial charge is 0.433 e. The number of aryl methyl sites for hydroxylation is 1. The van der Waals surface area contributed by atoms with Gasteiger partial charge in [0.25, 0.3) is 0 Å². The van der Waals surface area contributed by atoms with Gasteiger partial charge in [-0.15, -0.1) is 0 Å². The number of alkyl halides is 3. The normalized spacial score (nSPS) is 11.8. The molecule has 2 aromatic heterocycles. The Balaban J connectivity index is 1.97. The number of methoxy groups -OCH3 is 3.